The minimum Gasteiger partial charge on any atom is -0.355 e. The predicted octanol–water partition coefficient (Wildman–Crippen LogP) is 2.32. The van der Waals surface area contributed by atoms with Crippen molar-refractivity contribution in [1.29, 1.82) is 0 Å². The van der Waals surface area contributed by atoms with Crippen molar-refractivity contribution in [2.24, 2.45) is 17.6 Å². The number of hydrogen-bond acceptors (Lipinski definition) is 3. The molecule has 5 heteroatoms. The molecule has 1 fully saturated rings. The van der Waals surface area contributed by atoms with Gasteiger partial charge in [-0.15, -0.1) is 0 Å². The summed E-state index contributed by atoms with van der Waals surface area (Å²) < 4.78 is 0. The van der Waals surface area contributed by atoms with E-state index < -0.39 is 0 Å². The quantitative estimate of drug-likeness (QED) is 0.730. The second-order valence-corrected chi connectivity index (χ2v) is 7.67. The van der Waals surface area contributed by atoms with Crippen LogP contribution in [-0.2, 0) is 16.0 Å². The number of nitrogens with zero attached hydrogens (tertiary/aromatic N) is 1. The Balaban J connectivity index is 1.48. The second kappa shape index (κ2) is 7.16. The van der Waals surface area contributed by atoms with Crippen molar-refractivity contribution in [3.05, 3.63) is 53.6 Å². The van der Waals surface area contributed by atoms with E-state index in [1.54, 1.807) is 4.90 Å². The average molecular weight is 363 g/mol. The van der Waals surface area contributed by atoms with Gasteiger partial charge in [0.2, 0.25) is 11.8 Å². The van der Waals surface area contributed by atoms with Crippen molar-refractivity contribution < 1.29 is 9.59 Å². The summed E-state index contributed by atoms with van der Waals surface area (Å²) in [5.41, 5.74) is 11.6. The number of rotatable bonds is 5. The van der Waals surface area contributed by atoms with E-state index in [2.05, 4.69) is 41.7 Å². The van der Waals surface area contributed by atoms with Crippen LogP contribution < -0.4 is 16.0 Å². The van der Waals surface area contributed by atoms with Crippen molar-refractivity contribution in [3.63, 3.8) is 0 Å². The van der Waals surface area contributed by atoms with Crippen molar-refractivity contribution in [2.75, 3.05) is 24.5 Å². The van der Waals surface area contributed by atoms with Gasteiger partial charge in [0.1, 0.15) is 0 Å². The Kier molecular flexibility index (Phi) is 4.70. The minimum absolute atomic E-state index is 0.0116. The molecule has 1 aliphatic heterocycles. The lowest BCUT2D eigenvalue weighted by molar-refractivity contribution is -0.126. The zero-order valence-electron chi connectivity index (χ0n) is 15.6. The van der Waals surface area contributed by atoms with Crippen molar-refractivity contribution in [3.8, 4) is 11.1 Å². The van der Waals surface area contributed by atoms with Crippen LogP contribution in [-0.4, -0.2) is 31.4 Å². The number of carbonyl (C=O) groups is 2. The third-order valence-corrected chi connectivity index (χ3v) is 5.61. The first kappa shape index (κ1) is 17.7. The van der Waals surface area contributed by atoms with Gasteiger partial charge in [-0.2, -0.15) is 0 Å². The van der Waals surface area contributed by atoms with Crippen molar-refractivity contribution in [2.45, 2.75) is 19.8 Å². The summed E-state index contributed by atoms with van der Waals surface area (Å²) in [6, 6.07) is 14.6. The molecule has 0 saturated carbocycles. The molecule has 2 unspecified atom stereocenters. The first-order valence-electron chi connectivity index (χ1n) is 9.56. The van der Waals surface area contributed by atoms with Crippen LogP contribution in [0.5, 0.6) is 0 Å². The molecular formula is C22H25N3O2. The van der Waals surface area contributed by atoms with Crippen LogP contribution in [0.1, 0.15) is 24.5 Å². The molecule has 1 saturated heterocycles. The van der Waals surface area contributed by atoms with Gasteiger partial charge in [0.05, 0.1) is 5.92 Å². The predicted molar refractivity (Wildman–Crippen MR) is 106 cm³/mol. The summed E-state index contributed by atoms with van der Waals surface area (Å²) in [6.45, 7) is 3.52. The standard InChI is InChI=1S/C22H25N3O2/c1-14(11-23)12-24-22(27)17-10-21(26)25(13-17)18-6-7-20-16(9-18)8-15-4-2-3-5-19(15)20/h2-7,9,14,17H,8,10-13,23H2,1H3,(H,24,27). The van der Waals surface area contributed by atoms with Gasteiger partial charge in [-0.05, 0) is 53.3 Å². The topological polar surface area (TPSA) is 75.4 Å². The monoisotopic (exact) mass is 363 g/mol. The number of nitrogens with one attached hydrogen (secondary N) is 1. The first-order chi connectivity index (χ1) is 13.1. The molecular weight excluding hydrogens is 338 g/mol. The summed E-state index contributed by atoms with van der Waals surface area (Å²) in [5.74, 6) is -0.106. The van der Waals surface area contributed by atoms with E-state index in [-0.39, 0.29) is 30.1 Å². The molecule has 2 amide bonds. The minimum atomic E-state index is -0.298. The van der Waals surface area contributed by atoms with E-state index in [4.69, 9.17) is 5.73 Å². The number of hydrogen-bond donors (Lipinski definition) is 2. The second-order valence-electron chi connectivity index (χ2n) is 7.67. The van der Waals surface area contributed by atoms with Crippen LogP contribution in [0, 0.1) is 11.8 Å². The van der Waals surface area contributed by atoms with Gasteiger partial charge < -0.3 is 16.0 Å². The molecule has 2 aromatic carbocycles. The van der Waals surface area contributed by atoms with Crippen LogP contribution >= 0.6 is 0 Å². The molecule has 2 aromatic rings. The van der Waals surface area contributed by atoms with Crippen LogP contribution in [0.15, 0.2) is 42.5 Å². The van der Waals surface area contributed by atoms with Crippen molar-refractivity contribution >= 4 is 17.5 Å². The number of nitrogens with two attached hydrogens (primary N) is 1. The van der Waals surface area contributed by atoms with E-state index >= 15 is 0 Å². The molecule has 0 bridgehead atoms. The van der Waals surface area contributed by atoms with Crippen molar-refractivity contribution in [1.82, 2.24) is 5.32 Å². The lowest BCUT2D eigenvalue weighted by atomic mass is 10.1. The molecule has 1 aliphatic carbocycles. The highest BCUT2D eigenvalue weighted by molar-refractivity contribution is 6.00. The van der Waals surface area contributed by atoms with E-state index in [1.807, 2.05) is 13.0 Å². The Morgan fingerprint density at radius 1 is 1.22 bits per heavy atom. The van der Waals surface area contributed by atoms with Gasteiger partial charge in [0, 0.05) is 25.2 Å². The molecule has 2 atom stereocenters. The van der Waals surface area contributed by atoms with E-state index in [0.717, 1.165) is 12.1 Å². The molecule has 1 heterocycles. The molecule has 0 aromatic heterocycles. The third-order valence-electron chi connectivity index (χ3n) is 5.61. The Labute approximate surface area is 159 Å². The fraction of sp³-hybridized carbons (Fsp3) is 0.364. The maximum Gasteiger partial charge on any atom is 0.227 e. The Bertz CT molecular complexity index is 893. The highest BCUT2D eigenvalue weighted by atomic mass is 16.2. The van der Waals surface area contributed by atoms with Gasteiger partial charge in [0.15, 0.2) is 0 Å². The number of amides is 2. The Morgan fingerprint density at radius 2 is 2.00 bits per heavy atom. The number of carbonyl (C=O) groups excluding carboxylic acids is 2. The number of anilines is 1. The maximum atomic E-state index is 12.5. The fourth-order valence-corrected chi connectivity index (χ4v) is 3.93. The smallest absolute Gasteiger partial charge is 0.227 e. The molecule has 27 heavy (non-hydrogen) atoms. The Morgan fingerprint density at radius 3 is 2.81 bits per heavy atom. The van der Waals surface area contributed by atoms with Crippen LogP contribution in [0.3, 0.4) is 0 Å². The maximum absolute atomic E-state index is 12.5. The fourth-order valence-electron chi connectivity index (χ4n) is 3.93. The van der Waals surface area contributed by atoms with E-state index in [1.165, 1.54) is 22.3 Å². The largest absolute Gasteiger partial charge is 0.355 e. The molecule has 0 radical (unpaired) electrons. The zero-order valence-corrected chi connectivity index (χ0v) is 15.6. The first-order valence-corrected chi connectivity index (χ1v) is 9.56. The summed E-state index contributed by atoms with van der Waals surface area (Å²) in [7, 11) is 0. The number of benzene rings is 2. The van der Waals surface area contributed by atoms with E-state index in [9.17, 15) is 9.59 Å². The molecule has 3 N–H and O–H groups in total. The van der Waals surface area contributed by atoms with Gasteiger partial charge in [0.25, 0.3) is 0 Å². The summed E-state index contributed by atoms with van der Waals surface area (Å²) in [4.78, 5) is 26.7. The van der Waals surface area contributed by atoms with Gasteiger partial charge in [-0.25, -0.2) is 0 Å². The molecule has 4 rings (SSSR count). The Hall–Kier alpha value is -2.66. The van der Waals surface area contributed by atoms with Gasteiger partial charge in [-0.3, -0.25) is 9.59 Å². The lowest BCUT2D eigenvalue weighted by Gasteiger charge is -2.18. The SMILES string of the molecule is CC(CN)CNC(=O)C1CC(=O)N(c2ccc3c(c2)Cc2ccccc2-3)C1. The van der Waals surface area contributed by atoms with Crippen LogP contribution in [0.4, 0.5) is 5.69 Å². The zero-order chi connectivity index (χ0) is 19.0. The summed E-state index contributed by atoms with van der Waals surface area (Å²) in [5, 5.41) is 2.92. The summed E-state index contributed by atoms with van der Waals surface area (Å²) in [6.07, 6.45) is 1.16. The van der Waals surface area contributed by atoms with Gasteiger partial charge in [-0.1, -0.05) is 37.3 Å². The molecule has 5 nitrogen and oxygen atoms in total. The molecule has 0 spiro atoms. The molecule has 2 aliphatic rings. The van der Waals surface area contributed by atoms with Crippen LogP contribution in [0.2, 0.25) is 0 Å². The van der Waals surface area contributed by atoms with Crippen LogP contribution in [0.25, 0.3) is 11.1 Å². The normalized spacial score (nSPS) is 19.0. The highest BCUT2D eigenvalue weighted by Crippen LogP contribution is 2.39. The van der Waals surface area contributed by atoms with E-state index in [0.29, 0.717) is 19.6 Å². The highest BCUT2D eigenvalue weighted by Gasteiger charge is 2.35. The summed E-state index contributed by atoms with van der Waals surface area (Å²) >= 11 is 0. The lowest BCUT2D eigenvalue weighted by Crippen LogP contribution is -2.36. The third kappa shape index (κ3) is 3.35. The van der Waals surface area contributed by atoms with Gasteiger partial charge >= 0.3 is 0 Å². The number of fused-ring (bicyclic) bond motifs is 3. The average Bonchev–Trinajstić information content (AvgIpc) is 3.25. The molecule has 140 valence electrons.